The molecule has 1 aliphatic heterocycles. The Kier molecular flexibility index (Phi) is 9.71. The van der Waals surface area contributed by atoms with Gasteiger partial charge < -0.3 is 0 Å². The minimum atomic E-state index is -2.23. The van der Waals surface area contributed by atoms with Crippen molar-refractivity contribution >= 4 is 24.8 Å². The third kappa shape index (κ3) is 6.92. The maximum absolute atomic E-state index is 13.8. The first kappa shape index (κ1) is 26.4. The van der Waals surface area contributed by atoms with Crippen molar-refractivity contribution in [1.29, 1.82) is 0 Å². The Morgan fingerprint density at radius 3 is 2.18 bits per heavy atom. The van der Waals surface area contributed by atoms with Gasteiger partial charge >= 0.3 is 206 Å². The summed E-state index contributed by atoms with van der Waals surface area (Å²) < 4.78 is 5.74. The van der Waals surface area contributed by atoms with Gasteiger partial charge in [-0.25, -0.2) is 0 Å². The molecule has 186 valence electrons. The number of aryl methyl sites for hydroxylation is 3. The number of carbonyl (C=O) groups is 2. The van der Waals surface area contributed by atoms with E-state index < -0.39 is 7.26 Å². The summed E-state index contributed by atoms with van der Waals surface area (Å²) in [5.74, 6) is -0.0182. The molecule has 0 spiro atoms. The molecule has 5 heteroatoms. The van der Waals surface area contributed by atoms with Crippen LogP contribution >= 0.6 is 7.26 Å². The topological polar surface area (TPSA) is 55.4 Å². The van der Waals surface area contributed by atoms with Crippen LogP contribution in [0.2, 0.25) is 0 Å². The van der Waals surface area contributed by atoms with Crippen molar-refractivity contribution in [2.24, 2.45) is 0 Å². The number of benzene rings is 2. The Labute approximate surface area is 206 Å². The number of amides is 1. The number of carbonyl (C=O) groups excluding carboxylic acids is 2. The van der Waals surface area contributed by atoms with Gasteiger partial charge in [0.15, 0.2) is 0 Å². The summed E-state index contributed by atoms with van der Waals surface area (Å²) in [6.07, 6.45) is 8.95. The summed E-state index contributed by atoms with van der Waals surface area (Å²) in [6, 6.07) is 14.1. The molecule has 1 N–H and O–H groups in total. The Morgan fingerprint density at radius 1 is 0.971 bits per heavy atom. The fourth-order valence-corrected chi connectivity index (χ4v) is 11.4. The predicted molar refractivity (Wildman–Crippen MR) is 146 cm³/mol. The van der Waals surface area contributed by atoms with Gasteiger partial charge in [0.2, 0.25) is 0 Å². The van der Waals surface area contributed by atoms with E-state index in [4.69, 9.17) is 4.74 Å². The van der Waals surface area contributed by atoms with Gasteiger partial charge in [0.05, 0.1) is 0 Å². The SMILES string of the molecule is CCCC(C(=O)Nc1c(C)cc(C)cc1C)[PH]1(CC(=O)OCc2ccccc2)CCCCCC1. The molecule has 3 rings (SSSR count). The zero-order valence-corrected chi connectivity index (χ0v) is 22.4. The fourth-order valence-electron chi connectivity index (χ4n) is 5.75. The molecule has 1 atom stereocenters. The monoisotopic (exact) mass is 483 g/mol. The van der Waals surface area contributed by atoms with Crippen LogP contribution in [0, 0.1) is 20.8 Å². The van der Waals surface area contributed by atoms with Crippen LogP contribution in [0.15, 0.2) is 42.5 Å². The zero-order valence-electron chi connectivity index (χ0n) is 21.4. The van der Waals surface area contributed by atoms with Gasteiger partial charge in [-0.3, -0.25) is 0 Å². The number of esters is 1. The van der Waals surface area contributed by atoms with Crippen LogP contribution in [-0.2, 0) is 20.9 Å². The molecular weight excluding hydrogens is 441 g/mol. The van der Waals surface area contributed by atoms with Crippen LogP contribution in [0.5, 0.6) is 0 Å². The van der Waals surface area contributed by atoms with E-state index in [1.165, 1.54) is 18.4 Å². The third-order valence-electron chi connectivity index (χ3n) is 7.40. The quantitative estimate of drug-likeness (QED) is 0.316. The molecule has 1 saturated heterocycles. The Hall–Kier alpha value is -2.19. The van der Waals surface area contributed by atoms with E-state index in [1.807, 2.05) is 30.3 Å². The molecule has 0 aliphatic carbocycles. The Balaban J connectivity index is 1.83. The van der Waals surface area contributed by atoms with Crippen molar-refractivity contribution in [1.82, 2.24) is 0 Å². The molecule has 0 radical (unpaired) electrons. The van der Waals surface area contributed by atoms with Crippen molar-refractivity contribution in [3.8, 4) is 0 Å². The molecular formula is C29H42NO3P. The second kappa shape index (κ2) is 12.5. The predicted octanol–water partition coefficient (Wildman–Crippen LogP) is 6.79. The molecule has 1 amide bonds. The molecule has 2 aromatic rings. The van der Waals surface area contributed by atoms with Crippen molar-refractivity contribution in [2.75, 3.05) is 23.8 Å². The average molecular weight is 484 g/mol. The third-order valence-corrected chi connectivity index (χ3v) is 13.1. The van der Waals surface area contributed by atoms with E-state index in [0.717, 1.165) is 60.4 Å². The molecule has 2 aromatic carbocycles. The van der Waals surface area contributed by atoms with Gasteiger partial charge in [-0.1, -0.05) is 0 Å². The van der Waals surface area contributed by atoms with Gasteiger partial charge in [-0.15, -0.1) is 0 Å². The number of rotatable bonds is 9. The van der Waals surface area contributed by atoms with Gasteiger partial charge in [0.25, 0.3) is 0 Å². The molecule has 1 aliphatic rings. The first-order chi connectivity index (χ1) is 16.3. The molecule has 4 nitrogen and oxygen atoms in total. The standard InChI is InChI=1S/C29H42NO3P/c1-5-13-26(29(32)30-28-23(3)18-22(2)19-24(28)4)34(16-11-6-7-12-17-34)21-27(31)33-20-25-14-9-8-10-15-25/h8-10,14-15,18-19,26,34H,5-7,11-13,16-17,20-21H2,1-4H3,(H,30,32). The summed E-state index contributed by atoms with van der Waals surface area (Å²) in [5.41, 5.74) is 5.26. The molecule has 34 heavy (non-hydrogen) atoms. The second-order valence-electron chi connectivity index (χ2n) is 10.2. The second-order valence-corrected chi connectivity index (χ2v) is 15.0. The number of hydrogen-bond acceptors (Lipinski definition) is 3. The average Bonchev–Trinajstić information content (AvgIpc) is 3.05. The van der Waals surface area contributed by atoms with Crippen LogP contribution < -0.4 is 5.32 Å². The summed E-state index contributed by atoms with van der Waals surface area (Å²) in [4.78, 5) is 27.0. The number of anilines is 1. The van der Waals surface area contributed by atoms with E-state index in [1.54, 1.807) is 0 Å². The molecule has 1 unspecified atom stereocenters. The van der Waals surface area contributed by atoms with Crippen LogP contribution in [0.3, 0.4) is 0 Å². The van der Waals surface area contributed by atoms with Crippen LogP contribution in [0.25, 0.3) is 0 Å². The first-order valence-electron chi connectivity index (χ1n) is 12.9. The van der Waals surface area contributed by atoms with Crippen LogP contribution in [0.1, 0.15) is 67.7 Å². The van der Waals surface area contributed by atoms with E-state index >= 15 is 0 Å². The molecule has 0 bridgehead atoms. The molecule has 1 fully saturated rings. The van der Waals surface area contributed by atoms with Crippen LogP contribution in [-0.4, -0.2) is 36.0 Å². The van der Waals surface area contributed by atoms with E-state index in [-0.39, 0.29) is 17.5 Å². The number of hydrogen-bond donors (Lipinski definition) is 1. The van der Waals surface area contributed by atoms with Gasteiger partial charge in [-0.2, -0.15) is 0 Å². The summed E-state index contributed by atoms with van der Waals surface area (Å²) >= 11 is 0. The normalized spacial score (nSPS) is 17.3. The zero-order chi connectivity index (χ0) is 24.6. The summed E-state index contributed by atoms with van der Waals surface area (Å²) in [7, 11) is -2.23. The molecule has 0 saturated carbocycles. The van der Waals surface area contributed by atoms with E-state index in [2.05, 4.69) is 45.1 Å². The van der Waals surface area contributed by atoms with Gasteiger partial charge in [-0.05, 0) is 0 Å². The number of nitrogens with one attached hydrogen (secondary N) is 1. The van der Waals surface area contributed by atoms with Gasteiger partial charge in [0, 0.05) is 0 Å². The number of ether oxygens (including phenoxy) is 1. The van der Waals surface area contributed by atoms with Crippen molar-refractivity contribution < 1.29 is 14.3 Å². The maximum atomic E-state index is 13.8. The summed E-state index contributed by atoms with van der Waals surface area (Å²) in [5, 5.41) is 3.31. The van der Waals surface area contributed by atoms with E-state index in [0.29, 0.717) is 12.8 Å². The Bertz CT molecular complexity index is 942. The van der Waals surface area contributed by atoms with Gasteiger partial charge in [0.1, 0.15) is 0 Å². The van der Waals surface area contributed by atoms with Crippen molar-refractivity contribution in [3.05, 3.63) is 64.7 Å². The molecule has 0 aromatic heterocycles. The fraction of sp³-hybridized carbons (Fsp3) is 0.517. The minimum absolute atomic E-state index is 0.0695. The first-order valence-corrected chi connectivity index (χ1v) is 15.6. The van der Waals surface area contributed by atoms with Crippen molar-refractivity contribution in [2.45, 2.75) is 78.5 Å². The molecule has 1 heterocycles. The van der Waals surface area contributed by atoms with E-state index in [9.17, 15) is 9.59 Å². The van der Waals surface area contributed by atoms with Crippen LogP contribution in [0.4, 0.5) is 5.69 Å². The van der Waals surface area contributed by atoms with Crippen molar-refractivity contribution in [3.63, 3.8) is 0 Å². The summed E-state index contributed by atoms with van der Waals surface area (Å²) in [6.45, 7) is 8.65. The Morgan fingerprint density at radius 2 is 1.59 bits per heavy atom.